The molecular weight excluding hydrogens is 156 g/mol. The molecule has 1 aliphatic carbocycles. The molecule has 2 atom stereocenters. The van der Waals surface area contributed by atoms with Crippen molar-refractivity contribution in [2.45, 2.75) is 37.9 Å². The summed E-state index contributed by atoms with van der Waals surface area (Å²) in [6.07, 6.45) is 7.05. The summed E-state index contributed by atoms with van der Waals surface area (Å²) in [6.45, 7) is 1.74. The Kier molecular flexibility index (Phi) is 3.44. The average molecular weight is 172 g/mol. The molecule has 64 valence electrons. The van der Waals surface area contributed by atoms with E-state index in [4.69, 9.17) is 0 Å². The van der Waals surface area contributed by atoms with Gasteiger partial charge in [-0.3, -0.25) is 4.79 Å². The van der Waals surface area contributed by atoms with Crippen LogP contribution >= 0.6 is 11.8 Å². The SMILES string of the molecule is CS[C@H]1CCCC[C@H]1C(C)=O. The van der Waals surface area contributed by atoms with Gasteiger partial charge in [0, 0.05) is 11.2 Å². The molecule has 1 aliphatic rings. The molecule has 0 saturated heterocycles. The smallest absolute Gasteiger partial charge is 0.134 e. The molecule has 0 heterocycles. The lowest BCUT2D eigenvalue weighted by Gasteiger charge is -2.27. The zero-order chi connectivity index (χ0) is 8.27. The molecule has 0 unspecified atom stereocenters. The quantitative estimate of drug-likeness (QED) is 0.636. The van der Waals surface area contributed by atoms with Crippen LogP contribution in [0.2, 0.25) is 0 Å². The monoisotopic (exact) mass is 172 g/mol. The number of ketones is 1. The van der Waals surface area contributed by atoms with Crippen LogP contribution in [0, 0.1) is 5.92 Å². The summed E-state index contributed by atoms with van der Waals surface area (Å²) in [4.78, 5) is 11.2. The highest BCUT2D eigenvalue weighted by Gasteiger charge is 2.27. The molecule has 0 aromatic heterocycles. The summed E-state index contributed by atoms with van der Waals surface area (Å²) in [7, 11) is 0. The maximum atomic E-state index is 11.2. The van der Waals surface area contributed by atoms with Crippen molar-refractivity contribution in [3.8, 4) is 0 Å². The van der Waals surface area contributed by atoms with Gasteiger partial charge >= 0.3 is 0 Å². The normalized spacial score (nSPS) is 31.8. The molecule has 0 spiro atoms. The van der Waals surface area contributed by atoms with Crippen LogP contribution in [0.4, 0.5) is 0 Å². The summed E-state index contributed by atoms with van der Waals surface area (Å²) in [5, 5.41) is 0.612. The van der Waals surface area contributed by atoms with E-state index in [0.29, 0.717) is 17.0 Å². The molecule has 1 rings (SSSR count). The number of Topliss-reactive ketones (excluding diaryl/α,β-unsaturated/α-hetero) is 1. The van der Waals surface area contributed by atoms with Gasteiger partial charge in [-0.25, -0.2) is 0 Å². The van der Waals surface area contributed by atoms with E-state index in [-0.39, 0.29) is 0 Å². The van der Waals surface area contributed by atoms with E-state index in [2.05, 4.69) is 6.26 Å². The third-order valence-electron chi connectivity index (χ3n) is 2.53. The van der Waals surface area contributed by atoms with Gasteiger partial charge in [0.2, 0.25) is 0 Å². The van der Waals surface area contributed by atoms with Gasteiger partial charge in [0.25, 0.3) is 0 Å². The Hall–Kier alpha value is 0.0200. The molecule has 0 amide bonds. The van der Waals surface area contributed by atoms with E-state index < -0.39 is 0 Å². The minimum absolute atomic E-state index is 0.360. The predicted molar refractivity (Wildman–Crippen MR) is 49.9 cm³/mol. The second kappa shape index (κ2) is 4.15. The second-order valence-electron chi connectivity index (χ2n) is 3.28. The van der Waals surface area contributed by atoms with Crippen molar-refractivity contribution >= 4 is 17.5 Å². The van der Waals surface area contributed by atoms with Gasteiger partial charge in [-0.05, 0) is 26.0 Å². The van der Waals surface area contributed by atoms with Crippen LogP contribution in [-0.2, 0) is 4.79 Å². The first-order valence-corrected chi connectivity index (χ1v) is 5.57. The van der Waals surface area contributed by atoms with Gasteiger partial charge < -0.3 is 0 Å². The number of carbonyl (C=O) groups is 1. The van der Waals surface area contributed by atoms with Crippen LogP contribution in [0.3, 0.4) is 0 Å². The topological polar surface area (TPSA) is 17.1 Å². The Morgan fingerprint density at radius 2 is 2.00 bits per heavy atom. The summed E-state index contributed by atoms with van der Waals surface area (Å²) >= 11 is 1.86. The van der Waals surface area contributed by atoms with Crippen molar-refractivity contribution in [2.75, 3.05) is 6.26 Å². The van der Waals surface area contributed by atoms with Crippen molar-refractivity contribution in [3.63, 3.8) is 0 Å². The molecule has 0 bridgehead atoms. The third kappa shape index (κ3) is 2.22. The van der Waals surface area contributed by atoms with E-state index in [9.17, 15) is 4.79 Å². The number of carbonyl (C=O) groups excluding carboxylic acids is 1. The predicted octanol–water partition coefficient (Wildman–Crippen LogP) is 2.50. The van der Waals surface area contributed by atoms with Crippen LogP contribution in [0.15, 0.2) is 0 Å². The van der Waals surface area contributed by atoms with E-state index in [1.807, 2.05) is 11.8 Å². The van der Waals surface area contributed by atoms with Crippen LogP contribution in [0.5, 0.6) is 0 Å². The second-order valence-corrected chi connectivity index (χ2v) is 4.35. The van der Waals surface area contributed by atoms with Gasteiger partial charge in [0.1, 0.15) is 5.78 Å². The van der Waals surface area contributed by atoms with Crippen molar-refractivity contribution in [1.82, 2.24) is 0 Å². The largest absolute Gasteiger partial charge is 0.300 e. The fourth-order valence-electron chi connectivity index (χ4n) is 1.84. The highest BCUT2D eigenvalue weighted by Crippen LogP contribution is 2.32. The summed E-state index contributed by atoms with van der Waals surface area (Å²) in [5.74, 6) is 0.753. The molecular formula is C9H16OS. The average Bonchev–Trinajstić information content (AvgIpc) is 2.04. The molecule has 11 heavy (non-hydrogen) atoms. The molecule has 1 fully saturated rings. The van der Waals surface area contributed by atoms with E-state index >= 15 is 0 Å². The van der Waals surface area contributed by atoms with E-state index in [1.165, 1.54) is 19.3 Å². The van der Waals surface area contributed by atoms with Gasteiger partial charge in [-0.15, -0.1) is 0 Å². The number of rotatable bonds is 2. The van der Waals surface area contributed by atoms with E-state index in [0.717, 1.165) is 6.42 Å². The molecule has 0 aromatic rings. The third-order valence-corrected chi connectivity index (χ3v) is 3.70. The molecule has 0 radical (unpaired) electrons. The van der Waals surface area contributed by atoms with Gasteiger partial charge in [0.05, 0.1) is 0 Å². The molecule has 2 heteroatoms. The minimum Gasteiger partial charge on any atom is -0.300 e. The maximum Gasteiger partial charge on any atom is 0.134 e. The van der Waals surface area contributed by atoms with Crippen LogP contribution in [-0.4, -0.2) is 17.3 Å². The molecule has 0 aromatic carbocycles. The highest BCUT2D eigenvalue weighted by atomic mass is 32.2. The first kappa shape index (κ1) is 9.11. The first-order chi connectivity index (χ1) is 5.25. The molecule has 1 nitrogen and oxygen atoms in total. The molecule has 0 N–H and O–H groups in total. The zero-order valence-electron chi connectivity index (χ0n) is 7.30. The lowest BCUT2D eigenvalue weighted by molar-refractivity contribution is -0.121. The van der Waals surface area contributed by atoms with Crippen molar-refractivity contribution in [2.24, 2.45) is 5.92 Å². The first-order valence-electron chi connectivity index (χ1n) is 4.29. The van der Waals surface area contributed by atoms with Crippen LogP contribution < -0.4 is 0 Å². The fourth-order valence-corrected chi connectivity index (χ4v) is 2.90. The molecule has 1 saturated carbocycles. The maximum absolute atomic E-state index is 11.2. The van der Waals surface area contributed by atoms with Gasteiger partial charge in [-0.1, -0.05) is 12.8 Å². The van der Waals surface area contributed by atoms with Gasteiger partial charge in [-0.2, -0.15) is 11.8 Å². The van der Waals surface area contributed by atoms with Crippen molar-refractivity contribution in [1.29, 1.82) is 0 Å². The van der Waals surface area contributed by atoms with Crippen LogP contribution in [0.1, 0.15) is 32.6 Å². The Labute approximate surface area is 72.9 Å². The minimum atomic E-state index is 0.360. The van der Waals surface area contributed by atoms with Crippen LogP contribution in [0.25, 0.3) is 0 Å². The summed E-state index contributed by atoms with van der Waals surface area (Å²) < 4.78 is 0. The standard InChI is InChI=1S/C9H16OS/c1-7(10)8-5-3-4-6-9(8)11-2/h8-9H,3-6H2,1-2H3/t8-,9-/m0/s1. The lowest BCUT2D eigenvalue weighted by Crippen LogP contribution is -2.27. The summed E-state index contributed by atoms with van der Waals surface area (Å²) in [6, 6.07) is 0. The van der Waals surface area contributed by atoms with Crippen molar-refractivity contribution in [3.05, 3.63) is 0 Å². The fraction of sp³-hybridized carbons (Fsp3) is 0.889. The summed E-state index contributed by atoms with van der Waals surface area (Å²) in [5.41, 5.74) is 0. The number of thioether (sulfide) groups is 1. The Morgan fingerprint density at radius 3 is 2.45 bits per heavy atom. The Balaban J connectivity index is 2.51. The van der Waals surface area contributed by atoms with Gasteiger partial charge in [0.15, 0.2) is 0 Å². The Bertz CT molecular complexity index is 144. The Morgan fingerprint density at radius 1 is 1.36 bits per heavy atom. The zero-order valence-corrected chi connectivity index (χ0v) is 8.12. The van der Waals surface area contributed by atoms with E-state index in [1.54, 1.807) is 6.92 Å². The number of hydrogen-bond acceptors (Lipinski definition) is 2. The highest BCUT2D eigenvalue weighted by molar-refractivity contribution is 7.99. The number of hydrogen-bond donors (Lipinski definition) is 0. The molecule has 0 aliphatic heterocycles. The van der Waals surface area contributed by atoms with Crippen molar-refractivity contribution < 1.29 is 4.79 Å². The lowest BCUT2D eigenvalue weighted by atomic mass is 9.86.